The first-order valence-electron chi connectivity index (χ1n) is 10.3. The van der Waals surface area contributed by atoms with Gasteiger partial charge in [0, 0.05) is 11.8 Å². The lowest BCUT2D eigenvalue weighted by molar-refractivity contribution is -0.117. The summed E-state index contributed by atoms with van der Waals surface area (Å²) in [6, 6.07) is 19.1. The van der Waals surface area contributed by atoms with Crippen molar-refractivity contribution in [2.75, 3.05) is 19.0 Å². The minimum absolute atomic E-state index is 0.0665. The standard InChI is InChI=1S/C24H25ClN2O5S/c1-3-32-23-13-12-20(16-21(23)25)33(29,30)27-22(14-17-8-5-4-6-9-17)24(28)26-18-10-7-11-19(15-18)31-2/h4-13,15-16,22,27H,3,14H2,1-2H3,(H,26,28). The van der Waals surface area contributed by atoms with Crippen molar-refractivity contribution in [1.29, 1.82) is 0 Å². The monoisotopic (exact) mass is 488 g/mol. The van der Waals surface area contributed by atoms with Gasteiger partial charge in [0.15, 0.2) is 0 Å². The third-order valence-electron chi connectivity index (χ3n) is 4.75. The third kappa shape index (κ3) is 6.71. The summed E-state index contributed by atoms with van der Waals surface area (Å²) < 4.78 is 39.3. The van der Waals surface area contributed by atoms with Crippen LogP contribution in [0.2, 0.25) is 5.02 Å². The molecule has 0 saturated carbocycles. The summed E-state index contributed by atoms with van der Waals surface area (Å²) in [6.07, 6.45) is 0.153. The second-order valence-electron chi connectivity index (χ2n) is 7.11. The van der Waals surface area contributed by atoms with Gasteiger partial charge in [-0.1, -0.05) is 48.0 Å². The van der Waals surface area contributed by atoms with Gasteiger partial charge in [-0.2, -0.15) is 4.72 Å². The molecule has 0 aliphatic rings. The highest BCUT2D eigenvalue weighted by Gasteiger charge is 2.27. The highest BCUT2D eigenvalue weighted by Crippen LogP contribution is 2.27. The van der Waals surface area contributed by atoms with Gasteiger partial charge >= 0.3 is 0 Å². The molecule has 174 valence electrons. The molecule has 0 spiro atoms. The first kappa shape index (κ1) is 24.6. The first-order valence-corrected chi connectivity index (χ1v) is 12.1. The predicted octanol–water partition coefficient (Wildman–Crippen LogP) is 4.28. The number of sulfonamides is 1. The fourth-order valence-corrected chi connectivity index (χ4v) is 4.67. The Morgan fingerprint density at radius 1 is 1.03 bits per heavy atom. The molecule has 33 heavy (non-hydrogen) atoms. The molecule has 0 heterocycles. The van der Waals surface area contributed by atoms with E-state index in [0.717, 1.165) is 5.56 Å². The van der Waals surface area contributed by atoms with Crippen molar-refractivity contribution >= 4 is 33.2 Å². The molecule has 0 aromatic heterocycles. The van der Waals surface area contributed by atoms with Crippen molar-refractivity contribution in [3.63, 3.8) is 0 Å². The molecule has 9 heteroatoms. The zero-order valence-electron chi connectivity index (χ0n) is 18.2. The quantitative estimate of drug-likeness (QED) is 0.444. The van der Waals surface area contributed by atoms with Crippen LogP contribution in [0.5, 0.6) is 11.5 Å². The number of rotatable bonds is 10. The van der Waals surface area contributed by atoms with E-state index in [1.165, 1.54) is 25.3 Å². The van der Waals surface area contributed by atoms with E-state index in [2.05, 4.69) is 10.0 Å². The number of carbonyl (C=O) groups excluding carboxylic acids is 1. The minimum atomic E-state index is -4.06. The first-order chi connectivity index (χ1) is 15.8. The van der Waals surface area contributed by atoms with E-state index in [1.807, 2.05) is 30.3 Å². The Labute approximate surface area is 198 Å². The molecule has 0 bridgehead atoms. The zero-order valence-corrected chi connectivity index (χ0v) is 19.8. The number of ether oxygens (including phenoxy) is 2. The van der Waals surface area contributed by atoms with Crippen molar-refractivity contribution in [2.45, 2.75) is 24.3 Å². The molecule has 0 aliphatic heterocycles. The maximum atomic E-state index is 13.1. The lowest BCUT2D eigenvalue weighted by Gasteiger charge is -2.19. The fourth-order valence-electron chi connectivity index (χ4n) is 3.14. The van der Waals surface area contributed by atoms with E-state index in [9.17, 15) is 13.2 Å². The van der Waals surface area contributed by atoms with E-state index < -0.39 is 22.0 Å². The molecule has 2 N–H and O–H groups in total. The molecule has 3 aromatic carbocycles. The molecule has 1 unspecified atom stereocenters. The van der Waals surface area contributed by atoms with Crippen LogP contribution in [0, 0.1) is 0 Å². The molecule has 3 aromatic rings. The largest absolute Gasteiger partial charge is 0.497 e. The number of anilines is 1. The zero-order chi connectivity index (χ0) is 23.8. The highest BCUT2D eigenvalue weighted by molar-refractivity contribution is 7.89. The van der Waals surface area contributed by atoms with E-state index in [1.54, 1.807) is 31.2 Å². The fraction of sp³-hybridized carbons (Fsp3) is 0.208. The normalized spacial score (nSPS) is 12.1. The van der Waals surface area contributed by atoms with Gasteiger partial charge < -0.3 is 14.8 Å². The van der Waals surface area contributed by atoms with E-state index in [-0.39, 0.29) is 16.3 Å². The summed E-state index contributed by atoms with van der Waals surface area (Å²) in [5.41, 5.74) is 1.29. The second kappa shape index (κ2) is 11.2. The van der Waals surface area contributed by atoms with Crippen LogP contribution >= 0.6 is 11.6 Å². The molecule has 0 saturated heterocycles. The lowest BCUT2D eigenvalue weighted by Crippen LogP contribution is -2.45. The number of halogens is 1. The van der Waals surface area contributed by atoms with Crippen LogP contribution in [0.3, 0.4) is 0 Å². The van der Waals surface area contributed by atoms with Gasteiger partial charge in [0.05, 0.1) is 23.6 Å². The van der Waals surface area contributed by atoms with Crippen molar-refractivity contribution in [2.24, 2.45) is 0 Å². The van der Waals surface area contributed by atoms with Crippen molar-refractivity contribution in [1.82, 2.24) is 4.72 Å². The van der Waals surface area contributed by atoms with Crippen LogP contribution in [-0.2, 0) is 21.2 Å². The van der Waals surface area contributed by atoms with Crippen LogP contribution in [0.15, 0.2) is 77.7 Å². The van der Waals surface area contributed by atoms with Gasteiger partial charge in [0.2, 0.25) is 15.9 Å². The van der Waals surface area contributed by atoms with Crippen LogP contribution in [0.25, 0.3) is 0 Å². The molecule has 0 aliphatic carbocycles. The SMILES string of the molecule is CCOc1ccc(S(=O)(=O)NC(Cc2ccccc2)C(=O)Nc2cccc(OC)c2)cc1Cl. The minimum Gasteiger partial charge on any atom is -0.497 e. The summed E-state index contributed by atoms with van der Waals surface area (Å²) in [7, 11) is -2.54. The molecular weight excluding hydrogens is 464 g/mol. The smallest absolute Gasteiger partial charge is 0.242 e. The van der Waals surface area contributed by atoms with Gasteiger partial charge in [0.1, 0.15) is 17.5 Å². The Kier molecular flexibility index (Phi) is 8.32. The van der Waals surface area contributed by atoms with E-state index >= 15 is 0 Å². The average Bonchev–Trinajstić information content (AvgIpc) is 2.80. The third-order valence-corrected chi connectivity index (χ3v) is 6.51. The van der Waals surface area contributed by atoms with E-state index in [0.29, 0.717) is 23.8 Å². The Balaban J connectivity index is 1.87. The number of amides is 1. The molecular formula is C24H25ClN2O5S. The van der Waals surface area contributed by atoms with Crippen LogP contribution in [-0.4, -0.2) is 34.1 Å². The van der Waals surface area contributed by atoms with Gasteiger partial charge in [-0.3, -0.25) is 4.79 Å². The van der Waals surface area contributed by atoms with E-state index in [4.69, 9.17) is 21.1 Å². The van der Waals surface area contributed by atoms with Crippen LogP contribution in [0.4, 0.5) is 5.69 Å². The van der Waals surface area contributed by atoms with Gasteiger partial charge in [-0.05, 0) is 49.2 Å². The number of nitrogens with one attached hydrogen (secondary N) is 2. The molecule has 1 atom stereocenters. The highest BCUT2D eigenvalue weighted by atomic mass is 35.5. The van der Waals surface area contributed by atoms with Gasteiger partial charge in [0.25, 0.3) is 0 Å². The number of hydrogen-bond acceptors (Lipinski definition) is 5. The molecule has 1 amide bonds. The maximum Gasteiger partial charge on any atom is 0.242 e. The Bertz CT molecular complexity index is 1200. The van der Waals surface area contributed by atoms with Gasteiger partial charge in [-0.25, -0.2) is 8.42 Å². The number of methoxy groups -OCH3 is 1. The van der Waals surface area contributed by atoms with Crippen molar-refractivity contribution in [3.8, 4) is 11.5 Å². The molecule has 0 radical (unpaired) electrons. The summed E-state index contributed by atoms with van der Waals surface area (Å²) >= 11 is 6.17. The topological polar surface area (TPSA) is 93.7 Å². The van der Waals surface area contributed by atoms with Crippen LogP contribution < -0.4 is 19.5 Å². The molecule has 7 nitrogen and oxygen atoms in total. The van der Waals surface area contributed by atoms with Crippen LogP contribution in [0.1, 0.15) is 12.5 Å². The summed E-state index contributed by atoms with van der Waals surface area (Å²) in [5, 5.41) is 2.92. The molecule has 3 rings (SSSR count). The average molecular weight is 489 g/mol. The summed E-state index contributed by atoms with van der Waals surface area (Å²) in [6.45, 7) is 2.20. The predicted molar refractivity (Wildman–Crippen MR) is 129 cm³/mol. The molecule has 0 fully saturated rings. The Morgan fingerprint density at radius 3 is 2.45 bits per heavy atom. The second-order valence-corrected chi connectivity index (χ2v) is 9.23. The van der Waals surface area contributed by atoms with Crippen molar-refractivity contribution < 1.29 is 22.7 Å². The van der Waals surface area contributed by atoms with Crippen molar-refractivity contribution in [3.05, 3.63) is 83.4 Å². The van der Waals surface area contributed by atoms with Gasteiger partial charge in [-0.15, -0.1) is 0 Å². The lowest BCUT2D eigenvalue weighted by atomic mass is 10.1. The summed E-state index contributed by atoms with van der Waals surface area (Å²) in [4.78, 5) is 13.0. The Morgan fingerprint density at radius 2 is 1.79 bits per heavy atom. The Hall–Kier alpha value is -3.07. The number of benzene rings is 3. The summed E-state index contributed by atoms with van der Waals surface area (Å²) in [5.74, 6) is 0.444. The number of hydrogen-bond donors (Lipinski definition) is 2. The number of carbonyl (C=O) groups is 1. The maximum absolute atomic E-state index is 13.1.